The van der Waals surface area contributed by atoms with E-state index in [9.17, 15) is 22.8 Å². The van der Waals surface area contributed by atoms with Crippen LogP contribution in [0.25, 0.3) is 0 Å². The van der Waals surface area contributed by atoms with Gasteiger partial charge in [-0.25, -0.2) is 13.2 Å². The van der Waals surface area contributed by atoms with Crippen molar-refractivity contribution in [3.05, 3.63) is 24.3 Å². The summed E-state index contributed by atoms with van der Waals surface area (Å²) in [5.74, 6) is -0.617. The van der Waals surface area contributed by atoms with Crippen molar-refractivity contribution < 1.29 is 27.5 Å². The third-order valence-electron chi connectivity index (χ3n) is 6.43. The Morgan fingerprint density at radius 3 is 2.33 bits per heavy atom. The van der Waals surface area contributed by atoms with Crippen molar-refractivity contribution in [2.24, 2.45) is 0 Å². The molecule has 33 heavy (non-hydrogen) atoms. The largest absolute Gasteiger partial charge is 0.373 e. The summed E-state index contributed by atoms with van der Waals surface area (Å²) in [6.45, 7) is 4.25. The standard InChI is InChI=1S/C22H30N4O6S/c1-15-13-25(14-16(2)32-15)33(30,31)18-7-5-17(6-8-18)23-19(27)9-12-26-20(28)22(24-21(26)29)10-3-4-11-22/h5-8,15-16H,3-4,9-14H2,1-2H3,(H,23,27)(H,24,29)/t15-,16-/m0/s1. The highest BCUT2D eigenvalue weighted by atomic mass is 32.2. The van der Waals surface area contributed by atoms with Crippen molar-refractivity contribution in [3.63, 3.8) is 0 Å². The van der Waals surface area contributed by atoms with Crippen molar-refractivity contribution in [2.75, 3.05) is 25.0 Å². The fourth-order valence-corrected chi connectivity index (χ4v) is 6.41. The van der Waals surface area contributed by atoms with Crippen LogP contribution in [0.1, 0.15) is 46.0 Å². The Morgan fingerprint density at radius 2 is 1.73 bits per heavy atom. The number of carbonyl (C=O) groups excluding carboxylic acids is 3. The zero-order valence-electron chi connectivity index (χ0n) is 18.9. The number of nitrogens with zero attached hydrogens (tertiary/aromatic N) is 2. The van der Waals surface area contributed by atoms with Gasteiger partial charge in [0.25, 0.3) is 5.91 Å². The number of imide groups is 1. The predicted molar refractivity (Wildman–Crippen MR) is 120 cm³/mol. The fraction of sp³-hybridized carbons (Fsp3) is 0.591. The minimum absolute atomic E-state index is 0.00187. The number of nitrogens with one attached hydrogen (secondary N) is 2. The molecular weight excluding hydrogens is 448 g/mol. The number of anilines is 1. The Balaban J connectivity index is 1.33. The van der Waals surface area contributed by atoms with Gasteiger partial charge in [-0.1, -0.05) is 12.8 Å². The second kappa shape index (κ2) is 9.03. The average Bonchev–Trinajstić information content (AvgIpc) is 3.31. The predicted octanol–water partition coefficient (Wildman–Crippen LogP) is 1.68. The summed E-state index contributed by atoms with van der Waals surface area (Å²) in [7, 11) is -3.67. The van der Waals surface area contributed by atoms with Gasteiger partial charge in [-0.05, 0) is 51.0 Å². The molecule has 0 radical (unpaired) electrons. The molecule has 2 atom stereocenters. The van der Waals surface area contributed by atoms with Crippen LogP contribution in [0.15, 0.2) is 29.2 Å². The molecule has 1 aliphatic carbocycles. The molecule has 1 saturated carbocycles. The van der Waals surface area contributed by atoms with Crippen LogP contribution in [0, 0.1) is 0 Å². The van der Waals surface area contributed by atoms with Crippen LogP contribution >= 0.6 is 0 Å². The van der Waals surface area contributed by atoms with Crippen molar-refractivity contribution in [1.82, 2.24) is 14.5 Å². The summed E-state index contributed by atoms with van der Waals surface area (Å²) in [4.78, 5) is 38.5. The van der Waals surface area contributed by atoms with Gasteiger partial charge in [-0.15, -0.1) is 0 Å². The third-order valence-corrected chi connectivity index (χ3v) is 8.27. The lowest BCUT2D eigenvalue weighted by molar-refractivity contribution is -0.131. The highest BCUT2D eigenvalue weighted by Gasteiger charge is 2.52. The van der Waals surface area contributed by atoms with Gasteiger partial charge >= 0.3 is 6.03 Å². The Hall–Kier alpha value is -2.50. The summed E-state index contributed by atoms with van der Waals surface area (Å²) in [6.07, 6.45) is 2.66. The molecule has 0 unspecified atom stereocenters. The average molecular weight is 479 g/mol. The lowest BCUT2D eigenvalue weighted by Gasteiger charge is -2.34. The molecule has 10 nitrogen and oxygen atoms in total. The highest BCUT2D eigenvalue weighted by Crippen LogP contribution is 2.35. The van der Waals surface area contributed by atoms with Crippen molar-refractivity contribution in [3.8, 4) is 0 Å². The van der Waals surface area contributed by atoms with Crippen LogP contribution in [0.4, 0.5) is 10.5 Å². The van der Waals surface area contributed by atoms with E-state index in [0.717, 1.165) is 17.7 Å². The van der Waals surface area contributed by atoms with Crippen LogP contribution in [0.3, 0.4) is 0 Å². The van der Waals surface area contributed by atoms with Crippen molar-refractivity contribution >= 4 is 33.6 Å². The van der Waals surface area contributed by atoms with Gasteiger partial charge < -0.3 is 15.4 Å². The minimum atomic E-state index is -3.67. The Morgan fingerprint density at radius 1 is 1.12 bits per heavy atom. The molecule has 2 aliphatic heterocycles. The molecule has 11 heteroatoms. The second-order valence-electron chi connectivity index (χ2n) is 9.08. The Kier molecular flexibility index (Phi) is 6.47. The molecular formula is C22H30N4O6S. The number of carbonyl (C=O) groups is 3. The molecule has 1 aromatic rings. The van der Waals surface area contributed by atoms with E-state index in [-0.39, 0.29) is 55.0 Å². The number of morpholine rings is 1. The number of urea groups is 1. The number of amides is 4. The summed E-state index contributed by atoms with van der Waals surface area (Å²) in [6, 6.07) is 5.52. The number of hydrogen-bond donors (Lipinski definition) is 2. The molecule has 4 rings (SSSR count). The number of ether oxygens (including phenoxy) is 1. The number of rotatable bonds is 6. The first-order valence-electron chi connectivity index (χ1n) is 11.3. The van der Waals surface area contributed by atoms with Gasteiger partial charge in [0.15, 0.2) is 0 Å². The first kappa shape index (κ1) is 23.7. The highest BCUT2D eigenvalue weighted by molar-refractivity contribution is 7.89. The molecule has 0 bridgehead atoms. The zero-order chi connectivity index (χ0) is 23.8. The van der Waals surface area contributed by atoms with E-state index in [1.54, 1.807) is 0 Å². The number of sulfonamides is 1. The fourth-order valence-electron chi connectivity index (χ4n) is 4.82. The quantitative estimate of drug-likeness (QED) is 0.600. The number of hydrogen-bond acceptors (Lipinski definition) is 6. The first-order chi connectivity index (χ1) is 15.6. The summed E-state index contributed by atoms with van der Waals surface area (Å²) in [5, 5.41) is 5.48. The summed E-state index contributed by atoms with van der Waals surface area (Å²) in [5.41, 5.74) is -0.350. The number of benzene rings is 1. The van der Waals surface area contributed by atoms with E-state index in [1.165, 1.54) is 28.6 Å². The Bertz CT molecular complexity index is 1030. The molecule has 3 fully saturated rings. The SMILES string of the molecule is C[C@H]1CN(S(=O)(=O)c2ccc(NC(=O)CCN3C(=O)NC4(CCCC4)C3=O)cc2)C[C@H](C)O1. The van der Waals surface area contributed by atoms with Gasteiger partial charge in [0, 0.05) is 31.7 Å². The second-order valence-corrected chi connectivity index (χ2v) is 11.0. The maximum Gasteiger partial charge on any atom is 0.325 e. The van der Waals surface area contributed by atoms with Crippen LogP contribution in [0.5, 0.6) is 0 Å². The van der Waals surface area contributed by atoms with E-state index in [1.807, 2.05) is 13.8 Å². The Labute approximate surface area is 193 Å². The molecule has 3 aliphatic rings. The van der Waals surface area contributed by atoms with Gasteiger partial charge in [0.1, 0.15) is 5.54 Å². The van der Waals surface area contributed by atoms with Crippen LogP contribution < -0.4 is 10.6 Å². The lowest BCUT2D eigenvalue weighted by atomic mass is 9.98. The van der Waals surface area contributed by atoms with Gasteiger partial charge in [0.2, 0.25) is 15.9 Å². The van der Waals surface area contributed by atoms with Crippen molar-refractivity contribution in [2.45, 2.75) is 68.6 Å². The van der Waals surface area contributed by atoms with Crippen molar-refractivity contribution in [1.29, 1.82) is 0 Å². The monoisotopic (exact) mass is 478 g/mol. The van der Waals surface area contributed by atoms with Crippen LogP contribution in [0.2, 0.25) is 0 Å². The van der Waals surface area contributed by atoms with Crippen LogP contribution in [-0.4, -0.2) is 72.8 Å². The van der Waals surface area contributed by atoms with E-state index in [0.29, 0.717) is 18.5 Å². The topological polar surface area (TPSA) is 125 Å². The van der Waals surface area contributed by atoms with Crippen LogP contribution in [-0.2, 0) is 24.3 Å². The normalized spacial score (nSPS) is 25.5. The minimum Gasteiger partial charge on any atom is -0.373 e. The van der Waals surface area contributed by atoms with E-state index in [4.69, 9.17) is 4.74 Å². The van der Waals surface area contributed by atoms with Gasteiger partial charge in [-0.3, -0.25) is 14.5 Å². The molecule has 2 heterocycles. The summed E-state index contributed by atoms with van der Waals surface area (Å²) < 4.78 is 32.9. The van der Waals surface area contributed by atoms with Gasteiger partial charge in [-0.2, -0.15) is 4.31 Å². The third kappa shape index (κ3) is 4.75. The van der Waals surface area contributed by atoms with Gasteiger partial charge in [0.05, 0.1) is 17.1 Å². The maximum absolute atomic E-state index is 12.9. The summed E-state index contributed by atoms with van der Waals surface area (Å²) >= 11 is 0. The maximum atomic E-state index is 12.9. The molecule has 0 aromatic heterocycles. The van der Waals surface area contributed by atoms with E-state index < -0.39 is 21.6 Å². The molecule has 2 N–H and O–H groups in total. The zero-order valence-corrected chi connectivity index (χ0v) is 19.7. The molecule has 180 valence electrons. The first-order valence-corrected chi connectivity index (χ1v) is 12.7. The molecule has 1 spiro atoms. The van der Waals surface area contributed by atoms with E-state index >= 15 is 0 Å². The smallest absolute Gasteiger partial charge is 0.325 e. The molecule has 1 aromatic carbocycles. The molecule has 4 amide bonds. The lowest BCUT2D eigenvalue weighted by Crippen LogP contribution is -2.48. The van der Waals surface area contributed by atoms with E-state index in [2.05, 4.69) is 10.6 Å². The molecule has 2 saturated heterocycles.